The Balaban J connectivity index is 1.74. The lowest BCUT2D eigenvalue weighted by Crippen LogP contribution is -2.29. The highest BCUT2D eigenvalue weighted by atomic mass is 16.2. The number of fused-ring (bicyclic) bond motifs is 2. The molecule has 0 spiro atoms. The van der Waals surface area contributed by atoms with Gasteiger partial charge in [0.05, 0.1) is 34.1 Å². The molecule has 30 heavy (non-hydrogen) atoms. The highest BCUT2D eigenvalue weighted by Crippen LogP contribution is 2.26. The van der Waals surface area contributed by atoms with E-state index in [4.69, 9.17) is 4.98 Å². The van der Waals surface area contributed by atoms with E-state index in [1.807, 2.05) is 40.0 Å². The molecule has 1 N–H and O–H groups in total. The number of aryl methyl sites for hydroxylation is 2. The molecule has 0 fully saturated rings. The zero-order chi connectivity index (χ0) is 21.6. The van der Waals surface area contributed by atoms with E-state index in [1.54, 1.807) is 34.8 Å². The number of H-pyrrole nitrogens is 1. The first-order valence-electron chi connectivity index (χ1n) is 9.84. The molecule has 0 bridgehead atoms. The number of aromatic amines is 1. The molecule has 3 aromatic heterocycles. The van der Waals surface area contributed by atoms with Gasteiger partial charge in [-0.3, -0.25) is 14.3 Å². The molecule has 1 aromatic carbocycles. The Morgan fingerprint density at radius 2 is 1.97 bits per heavy atom. The van der Waals surface area contributed by atoms with Crippen LogP contribution in [0.4, 0.5) is 0 Å². The third-order valence-corrected chi connectivity index (χ3v) is 5.21. The van der Waals surface area contributed by atoms with Gasteiger partial charge in [-0.2, -0.15) is 5.10 Å². The Kier molecular flexibility index (Phi) is 4.85. The number of para-hydroxylation sites is 1. The number of carbonyl (C=O) groups excluding carboxylic acids is 1. The molecule has 0 aliphatic carbocycles. The summed E-state index contributed by atoms with van der Waals surface area (Å²) < 4.78 is 1.70. The molecular weight excluding hydrogens is 380 g/mol. The number of rotatable bonds is 4. The van der Waals surface area contributed by atoms with Crippen molar-refractivity contribution in [1.82, 2.24) is 29.6 Å². The van der Waals surface area contributed by atoms with Gasteiger partial charge in [0.25, 0.3) is 11.5 Å². The fourth-order valence-corrected chi connectivity index (χ4v) is 3.64. The molecule has 0 saturated carbocycles. The van der Waals surface area contributed by atoms with Gasteiger partial charge >= 0.3 is 0 Å². The van der Waals surface area contributed by atoms with Crippen LogP contribution in [-0.2, 0) is 13.6 Å². The number of hydrogen-bond acceptors (Lipinski definition) is 5. The van der Waals surface area contributed by atoms with E-state index in [0.29, 0.717) is 27.9 Å². The minimum absolute atomic E-state index is 0.167. The van der Waals surface area contributed by atoms with Crippen molar-refractivity contribution >= 4 is 27.8 Å². The van der Waals surface area contributed by atoms with Crippen molar-refractivity contribution in [3.05, 3.63) is 63.5 Å². The fourth-order valence-electron chi connectivity index (χ4n) is 3.64. The van der Waals surface area contributed by atoms with Crippen LogP contribution in [0.1, 0.15) is 47.3 Å². The lowest BCUT2D eigenvalue weighted by atomic mass is 10.0. The first-order chi connectivity index (χ1) is 14.3. The van der Waals surface area contributed by atoms with Gasteiger partial charge in [-0.1, -0.05) is 26.0 Å². The molecule has 4 rings (SSSR count). The summed E-state index contributed by atoms with van der Waals surface area (Å²) in [6.45, 7) is 6.13. The maximum Gasteiger partial charge on any atom is 0.258 e. The van der Waals surface area contributed by atoms with E-state index in [-0.39, 0.29) is 23.9 Å². The van der Waals surface area contributed by atoms with Crippen LogP contribution in [0.15, 0.2) is 35.1 Å². The van der Waals surface area contributed by atoms with Gasteiger partial charge in [-0.25, -0.2) is 9.97 Å². The molecular formula is C22H24N6O2. The van der Waals surface area contributed by atoms with Gasteiger partial charge in [0.1, 0.15) is 5.82 Å². The molecule has 0 unspecified atom stereocenters. The number of aromatic nitrogens is 5. The standard InChI is InChI=1S/C22H24N6O2/c1-12(2)17-10-15(19-13(3)26-28(5)20(19)24-17)22(30)27(4)11-18-23-16-9-7-6-8-14(16)21(29)25-18/h6-10,12H,11H2,1-5H3,(H,23,25,29). The first kappa shape index (κ1) is 19.8. The minimum atomic E-state index is -0.215. The Bertz CT molecular complexity index is 1330. The lowest BCUT2D eigenvalue weighted by molar-refractivity contribution is 0.0783. The van der Waals surface area contributed by atoms with E-state index in [1.165, 1.54) is 0 Å². The summed E-state index contributed by atoms with van der Waals surface area (Å²) in [6, 6.07) is 8.99. The second kappa shape index (κ2) is 7.37. The van der Waals surface area contributed by atoms with Crippen LogP contribution >= 0.6 is 0 Å². The Morgan fingerprint density at radius 1 is 1.23 bits per heavy atom. The molecule has 4 aromatic rings. The van der Waals surface area contributed by atoms with Crippen molar-refractivity contribution < 1.29 is 4.79 Å². The Labute approximate surface area is 173 Å². The number of amides is 1. The van der Waals surface area contributed by atoms with E-state index >= 15 is 0 Å². The largest absolute Gasteiger partial charge is 0.334 e. The van der Waals surface area contributed by atoms with Crippen LogP contribution in [-0.4, -0.2) is 42.6 Å². The number of benzene rings is 1. The average Bonchev–Trinajstić information content (AvgIpc) is 3.00. The van der Waals surface area contributed by atoms with Crippen molar-refractivity contribution in [3.63, 3.8) is 0 Å². The molecule has 0 atom stereocenters. The van der Waals surface area contributed by atoms with Crippen LogP contribution in [0, 0.1) is 6.92 Å². The average molecular weight is 404 g/mol. The van der Waals surface area contributed by atoms with Gasteiger partial charge in [0.2, 0.25) is 0 Å². The molecule has 0 saturated heterocycles. The van der Waals surface area contributed by atoms with Gasteiger partial charge in [-0.15, -0.1) is 0 Å². The predicted molar refractivity (Wildman–Crippen MR) is 115 cm³/mol. The van der Waals surface area contributed by atoms with Crippen LogP contribution in [0.3, 0.4) is 0 Å². The van der Waals surface area contributed by atoms with Crippen LogP contribution in [0.25, 0.3) is 21.9 Å². The molecule has 0 aliphatic heterocycles. The highest BCUT2D eigenvalue weighted by Gasteiger charge is 2.22. The van der Waals surface area contributed by atoms with Gasteiger partial charge in [0, 0.05) is 19.8 Å². The van der Waals surface area contributed by atoms with Gasteiger partial charge < -0.3 is 9.88 Å². The van der Waals surface area contributed by atoms with Crippen molar-refractivity contribution in [2.24, 2.45) is 7.05 Å². The second-order valence-corrected chi connectivity index (χ2v) is 7.85. The Morgan fingerprint density at radius 3 is 2.70 bits per heavy atom. The predicted octanol–water partition coefficient (Wildman–Crippen LogP) is 2.91. The van der Waals surface area contributed by atoms with E-state index in [2.05, 4.69) is 15.1 Å². The maximum atomic E-state index is 13.4. The zero-order valence-corrected chi connectivity index (χ0v) is 17.7. The van der Waals surface area contributed by atoms with Crippen LogP contribution < -0.4 is 5.56 Å². The number of nitrogens with zero attached hydrogens (tertiary/aromatic N) is 5. The smallest absolute Gasteiger partial charge is 0.258 e. The van der Waals surface area contributed by atoms with Crippen molar-refractivity contribution in [2.45, 2.75) is 33.2 Å². The van der Waals surface area contributed by atoms with Crippen molar-refractivity contribution in [2.75, 3.05) is 7.05 Å². The summed E-state index contributed by atoms with van der Waals surface area (Å²) in [7, 11) is 3.53. The SMILES string of the molecule is Cc1nn(C)c2nc(C(C)C)cc(C(=O)N(C)Cc3nc4ccccc4c(=O)[nH]3)c12. The van der Waals surface area contributed by atoms with Crippen molar-refractivity contribution in [3.8, 4) is 0 Å². The topological polar surface area (TPSA) is 96.8 Å². The summed E-state index contributed by atoms with van der Waals surface area (Å²) in [4.78, 5) is 39.3. The molecule has 3 heterocycles. The number of nitrogens with one attached hydrogen (secondary N) is 1. The van der Waals surface area contributed by atoms with E-state index < -0.39 is 0 Å². The fraction of sp³-hybridized carbons (Fsp3) is 0.318. The maximum absolute atomic E-state index is 13.4. The number of carbonyl (C=O) groups is 1. The third-order valence-electron chi connectivity index (χ3n) is 5.21. The third kappa shape index (κ3) is 3.34. The molecule has 154 valence electrons. The van der Waals surface area contributed by atoms with Gasteiger partial charge in [-0.05, 0) is 31.0 Å². The summed E-state index contributed by atoms with van der Waals surface area (Å²) >= 11 is 0. The number of pyridine rings is 1. The minimum Gasteiger partial charge on any atom is -0.334 e. The number of hydrogen-bond donors (Lipinski definition) is 1. The van der Waals surface area contributed by atoms with Crippen LogP contribution in [0.2, 0.25) is 0 Å². The monoisotopic (exact) mass is 404 g/mol. The van der Waals surface area contributed by atoms with Crippen LogP contribution in [0.5, 0.6) is 0 Å². The zero-order valence-electron chi connectivity index (χ0n) is 17.7. The van der Waals surface area contributed by atoms with E-state index in [0.717, 1.165) is 16.8 Å². The molecule has 8 nitrogen and oxygen atoms in total. The second-order valence-electron chi connectivity index (χ2n) is 7.85. The Hall–Kier alpha value is -3.55. The summed E-state index contributed by atoms with van der Waals surface area (Å²) in [5.74, 6) is 0.433. The van der Waals surface area contributed by atoms with E-state index in [9.17, 15) is 9.59 Å². The van der Waals surface area contributed by atoms with Crippen molar-refractivity contribution in [1.29, 1.82) is 0 Å². The summed E-state index contributed by atoms with van der Waals surface area (Å²) in [6.07, 6.45) is 0. The van der Waals surface area contributed by atoms with Gasteiger partial charge in [0.15, 0.2) is 5.65 Å². The highest BCUT2D eigenvalue weighted by molar-refractivity contribution is 6.06. The summed E-state index contributed by atoms with van der Waals surface area (Å²) in [5, 5.41) is 5.72. The summed E-state index contributed by atoms with van der Waals surface area (Å²) in [5.41, 5.74) is 3.22. The molecule has 1 amide bonds. The lowest BCUT2D eigenvalue weighted by Gasteiger charge is -2.18. The normalized spacial score (nSPS) is 11.5. The quantitative estimate of drug-likeness (QED) is 0.564. The molecule has 0 radical (unpaired) electrons. The molecule has 0 aliphatic rings. The first-order valence-corrected chi connectivity index (χ1v) is 9.84. The molecule has 8 heteroatoms.